The molecule has 2 heterocycles. The Morgan fingerprint density at radius 2 is 1.89 bits per heavy atom. The minimum absolute atomic E-state index is 0.0650. The lowest BCUT2D eigenvalue weighted by Crippen LogP contribution is -2.14. The summed E-state index contributed by atoms with van der Waals surface area (Å²) in [4.78, 5) is 21.0. The average molecular weight is 358 g/mol. The summed E-state index contributed by atoms with van der Waals surface area (Å²) < 4.78 is 7.00. The van der Waals surface area contributed by atoms with Crippen LogP contribution in [0.5, 0.6) is 5.75 Å². The number of imidazole rings is 1. The third-order valence-electron chi connectivity index (χ3n) is 4.22. The monoisotopic (exact) mass is 358 g/mol. The number of hydrogen-bond donors (Lipinski definition) is 1. The fourth-order valence-corrected chi connectivity index (χ4v) is 2.83. The van der Waals surface area contributed by atoms with Crippen molar-refractivity contribution in [3.05, 3.63) is 78.8 Å². The normalized spacial score (nSPS) is 10.7. The fourth-order valence-electron chi connectivity index (χ4n) is 2.83. The first kappa shape index (κ1) is 16.8. The fraction of sp³-hybridized carbons (Fsp3) is 0.0952. The van der Waals surface area contributed by atoms with E-state index < -0.39 is 0 Å². The number of carbonyl (C=O) groups excluding carboxylic acids is 1. The van der Waals surface area contributed by atoms with Crippen LogP contribution in [0.3, 0.4) is 0 Å². The van der Waals surface area contributed by atoms with Crippen molar-refractivity contribution in [1.82, 2.24) is 14.4 Å². The third kappa shape index (κ3) is 3.79. The van der Waals surface area contributed by atoms with Crippen LogP contribution in [0.1, 0.15) is 5.56 Å². The molecular formula is C21H18N4O2. The van der Waals surface area contributed by atoms with Gasteiger partial charge in [-0.15, -0.1) is 0 Å². The highest BCUT2D eigenvalue weighted by molar-refractivity contribution is 5.92. The van der Waals surface area contributed by atoms with Gasteiger partial charge in [-0.3, -0.25) is 9.20 Å². The summed E-state index contributed by atoms with van der Waals surface area (Å²) in [6, 6.07) is 17.0. The number of aromatic nitrogens is 3. The van der Waals surface area contributed by atoms with Crippen molar-refractivity contribution in [2.45, 2.75) is 6.42 Å². The predicted molar refractivity (Wildman–Crippen MR) is 104 cm³/mol. The number of nitrogens with zero attached hydrogens (tertiary/aromatic N) is 3. The van der Waals surface area contributed by atoms with Gasteiger partial charge in [0.25, 0.3) is 0 Å². The standard InChI is InChI=1S/C21H18N4O2/c1-27-18-9-3-15(4-10-18)13-20(26)23-17-7-5-16(6-8-17)19-14-25-12-2-11-22-21(25)24-19/h2-12,14H,13H2,1H3,(H,23,26). The number of hydrogen-bond acceptors (Lipinski definition) is 4. The van der Waals surface area contributed by atoms with Crippen molar-refractivity contribution in [1.29, 1.82) is 0 Å². The van der Waals surface area contributed by atoms with E-state index in [4.69, 9.17) is 4.74 Å². The van der Waals surface area contributed by atoms with Crippen LogP contribution in [0.15, 0.2) is 73.2 Å². The maximum Gasteiger partial charge on any atom is 0.234 e. The quantitative estimate of drug-likeness (QED) is 0.592. The van der Waals surface area contributed by atoms with Crippen LogP contribution < -0.4 is 10.1 Å². The molecule has 1 amide bonds. The van der Waals surface area contributed by atoms with Crippen molar-refractivity contribution in [2.75, 3.05) is 12.4 Å². The number of carbonyl (C=O) groups is 1. The maximum atomic E-state index is 12.2. The molecule has 0 aliphatic heterocycles. The Kier molecular flexibility index (Phi) is 4.53. The van der Waals surface area contributed by atoms with E-state index in [0.29, 0.717) is 12.2 Å². The number of fused-ring (bicyclic) bond motifs is 1. The van der Waals surface area contributed by atoms with Gasteiger partial charge in [0.1, 0.15) is 5.75 Å². The molecule has 0 aliphatic carbocycles. The van der Waals surface area contributed by atoms with Crippen LogP contribution in [0.4, 0.5) is 5.69 Å². The van der Waals surface area contributed by atoms with Gasteiger partial charge < -0.3 is 10.1 Å². The highest BCUT2D eigenvalue weighted by atomic mass is 16.5. The highest BCUT2D eigenvalue weighted by Gasteiger charge is 2.07. The molecule has 134 valence electrons. The Morgan fingerprint density at radius 3 is 2.59 bits per heavy atom. The van der Waals surface area contributed by atoms with Crippen LogP contribution in [0.25, 0.3) is 17.0 Å². The molecule has 1 N–H and O–H groups in total. The summed E-state index contributed by atoms with van der Waals surface area (Å²) in [5, 5.41) is 2.92. The van der Waals surface area contributed by atoms with Crippen LogP contribution in [0, 0.1) is 0 Å². The molecule has 0 bridgehead atoms. The molecule has 4 rings (SSSR count). The molecule has 0 saturated carbocycles. The van der Waals surface area contributed by atoms with Gasteiger partial charge in [-0.05, 0) is 35.9 Å². The van der Waals surface area contributed by atoms with Gasteiger partial charge in [-0.25, -0.2) is 9.97 Å². The number of anilines is 1. The number of methoxy groups -OCH3 is 1. The van der Waals surface area contributed by atoms with E-state index in [9.17, 15) is 4.79 Å². The molecule has 4 aromatic rings. The molecule has 0 spiro atoms. The number of benzene rings is 2. The zero-order valence-corrected chi connectivity index (χ0v) is 14.8. The molecular weight excluding hydrogens is 340 g/mol. The summed E-state index contributed by atoms with van der Waals surface area (Å²) in [7, 11) is 1.62. The second-order valence-corrected chi connectivity index (χ2v) is 6.10. The van der Waals surface area contributed by atoms with E-state index in [1.807, 2.05) is 71.4 Å². The van der Waals surface area contributed by atoms with Crippen LogP contribution in [-0.2, 0) is 11.2 Å². The molecule has 6 heteroatoms. The minimum atomic E-state index is -0.0650. The first-order valence-electron chi connectivity index (χ1n) is 8.54. The third-order valence-corrected chi connectivity index (χ3v) is 4.22. The number of rotatable bonds is 5. The zero-order valence-electron chi connectivity index (χ0n) is 14.8. The van der Waals surface area contributed by atoms with E-state index in [1.54, 1.807) is 13.3 Å². The van der Waals surface area contributed by atoms with E-state index in [2.05, 4.69) is 15.3 Å². The molecule has 0 aliphatic rings. The number of amides is 1. The first-order chi connectivity index (χ1) is 13.2. The molecule has 0 atom stereocenters. The van der Waals surface area contributed by atoms with Crippen LogP contribution in [-0.4, -0.2) is 27.4 Å². The molecule has 2 aromatic carbocycles. The maximum absolute atomic E-state index is 12.2. The SMILES string of the molecule is COc1ccc(CC(=O)Nc2ccc(-c3cn4cccnc4n3)cc2)cc1. The second kappa shape index (κ2) is 7.29. The molecule has 0 saturated heterocycles. The highest BCUT2D eigenvalue weighted by Crippen LogP contribution is 2.21. The second-order valence-electron chi connectivity index (χ2n) is 6.10. The van der Waals surface area contributed by atoms with Gasteiger partial charge in [0.2, 0.25) is 11.7 Å². The molecule has 0 radical (unpaired) electrons. The summed E-state index contributed by atoms with van der Waals surface area (Å²) in [6.07, 6.45) is 5.86. The Hall–Kier alpha value is -3.67. The summed E-state index contributed by atoms with van der Waals surface area (Å²) >= 11 is 0. The van der Waals surface area contributed by atoms with Crippen molar-refractivity contribution in [3.8, 4) is 17.0 Å². The van der Waals surface area contributed by atoms with Crippen LogP contribution in [0.2, 0.25) is 0 Å². The van der Waals surface area contributed by atoms with Gasteiger partial charge in [-0.1, -0.05) is 24.3 Å². The Labute approximate surface area is 156 Å². The first-order valence-corrected chi connectivity index (χ1v) is 8.54. The van der Waals surface area contributed by atoms with Gasteiger partial charge in [0, 0.05) is 29.8 Å². The van der Waals surface area contributed by atoms with Crippen molar-refractivity contribution in [2.24, 2.45) is 0 Å². The van der Waals surface area contributed by atoms with Gasteiger partial charge in [0.05, 0.1) is 19.2 Å². The van der Waals surface area contributed by atoms with Crippen LogP contribution >= 0.6 is 0 Å². The van der Waals surface area contributed by atoms with E-state index in [0.717, 1.165) is 28.3 Å². The minimum Gasteiger partial charge on any atom is -0.497 e. The Morgan fingerprint density at radius 1 is 1.11 bits per heavy atom. The van der Waals surface area contributed by atoms with Crippen molar-refractivity contribution < 1.29 is 9.53 Å². The molecule has 0 fully saturated rings. The molecule has 2 aromatic heterocycles. The number of nitrogens with one attached hydrogen (secondary N) is 1. The van der Waals surface area contributed by atoms with E-state index in [-0.39, 0.29) is 5.91 Å². The summed E-state index contributed by atoms with van der Waals surface area (Å²) in [6.45, 7) is 0. The molecule has 27 heavy (non-hydrogen) atoms. The zero-order chi connectivity index (χ0) is 18.6. The lowest BCUT2D eigenvalue weighted by Gasteiger charge is -2.07. The topological polar surface area (TPSA) is 68.5 Å². The van der Waals surface area contributed by atoms with Gasteiger partial charge >= 0.3 is 0 Å². The largest absolute Gasteiger partial charge is 0.497 e. The Balaban J connectivity index is 1.43. The number of ether oxygens (including phenoxy) is 1. The molecule has 0 unspecified atom stereocenters. The lowest BCUT2D eigenvalue weighted by atomic mass is 10.1. The smallest absolute Gasteiger partial charge is 0.234 e. The van der Waals surface area contributed by atoms with Crippen molar-refractivity contribution >= 4 is 17.4 Å². The molecule has 6 nitrogen and oxygen atoms in total. The summed E-state index contributed by atoms with van der Waals surface area (Å²) in [5.74, 6) is 1.37. The van der Waals surface area contributed by atoms with E-state index >= 15 is 0 Å². The summed E-state index contributed by atoms with van der Waals surface area (Å²) in [5.41, 5.74) is 3.49. The lowest BCUT2D eigenvalue weighted by molar-refractivity contribution is -0.115. The van der Waals surface area contributed by atoms with E-state index in [1.165, 1.54) is 0 Å². The predicted octanol–water partition coefficient (Wildman–Crippen LogP) is 3.59. The van der Waals surface area contributed by atoms with Gasteiger partial charge in [0.15, 0.2) is 0 Å². The van der Waals surface area contributed by atoms with Crippen molar-refractivity contribution in [3.63, 3.8) is 0 Å². The average Bonchev–Trinajstić information content (AvgIpc) is 3.13. The van der Waals surface area contributed by atoms with Gasteiger partial charge in [-0.2, -0.15) is 0 Å². The Bertz CT molecular complexity index is 1040.